The van der Waals surface area contributed by atoms with Gasteiger partial charge in [0.1, 0.15) is 0 Å². The van der Waals surface area contributed by atoms with Crippen LogP contribution in [-0.2, 0) is 24.3 Å². The van der Waals surface area contributed by atoms with Crippen LogP contribution < -0.4 is 9.47 Å². The van der Waals surface area contributed by atoms with E-state index in [1.807, 2.05) is 0 Å². The van der Waals surface area contributed by atoms with Crippen LogP contribution in [0.2, 0.25) is 0 Å². The van der Waals surface area contributed by atoms with Crippen LogP contribution in [0.4, 0.5) is 0 Å². The summed E-state index contributed by atoms with van der Waals surface area (Å²) in [5.41, 5.74) is 0. The number of rotatable bonds is 7. The summed E-state index contributed by atoms with van der Waals surface area (Å²) < 4.78 is 43.4. The van der Waals surface area contributed by atoms with Crippen molar-refractivity contribution in [2.24, 2.45) is 5.92 Å². The number of hydrogen-bond donors (Lipinski definition) is 0. The molecule has 1 aromatic rings. The second-order valence-electron chi connectivity index (χ2n) is 8.51. The molecule has 1 atom stereocenters. The van der Waals surface area contributed by atoms with E-state index in [1.54, 1.807) is 17.9 Å². The Bertz CT molecular complexity index is 934. The first-order valence-electron chi connectivity index (χ1n) is 11.5. The minimum atomic E-state index is -3.74. The van der Waals surface area contributed by atoms with Crippen LogP contribution in [0.1, 0.15) is 45.4 Å². The Labute approximate surface area is 196 Å². The van der Waals surface area contributed by atoms with Crippen LogP contribution in [0.3, 0.4) is 0 Å². The number of carbonyl (C=O) groups is 2. The van der Waals surface area contributed by atoms with E-state index in [4.69, 9.17) is 14.2 Å². The maximum atomic E-state index is 13.1. The lowest BCUT2D eigenvalue weighted by molar-refractivity contribution is -0.163. The predicted octanol–water partition coefficient (Wildman–Crippen LogP) is 2.44. The minimum Gasteiger partial charge on any atom is -0.493 e. The zero-order chi connectivity index (χ0) is 24.0. The van der Waals surface area contributed by atoms with Gasteiger partial charge in [-0.3, -0.25) is 9.59 Å². The third-order valence-electron chi connectivity index (χ3n) is 6.34. The molecular formula is C23H34N2O7S. The van der Waals surface area contributed by atoms with Crippen LogP contribution >= 0.6 is 0 Å². The first-order valence-corrected chi connectivity index (χ1v) is 12.9. The zero-order valence-electron chi connectivity index (χ0n) is 19.6. The van der Waals surface area contributed by atoms with Crippen LogP contribution in [0.15, 0.2) is 23.1 Å². The van der Waals surface area contributed by atoms with Crippen molar-refractivity contribution in [1.82, 2.24) is 9.21 Å². The summed E-state index contributed by atoms with van der Waals surface area (Å²) in [5, 5.41) is 0. The number of methoxy groups -OCH3 is 2. The van der Waals surface area contributed by atoms with Gasteiger partial charge in [-0.25, -0.2) is 8.42 Å². The normalized spacial score (nSPS) is 19.4. The van der Waals surface area contributed by atoms with E-state index >= 15 is 0 Å². The highest BCUT2D eigenvalue weighted by Gasteiger charge is 2.35. The third-order valence-corrected chi connectivity index (χ3v) is 8.23. The molecule has 0 bridgehead atoms. The molecule has 184 valence electrons. The van der Waals surface area contributed by atoms with Gasteiger partial charge in [-0.1, -0.05) is 12.8 Å². The fourth-order valence-corrected chi connectivity index (χ4v) is 5.81. The number of likely N-dealkylation sites (tertiary alicyclic amines) is 1. The number of sulfonamides is 1. The number of carbonyl (C=O) groups excluding carboxylic acids is 2. The lowest BCUT2D eigenvalue weighted by Gasteiger charge is -2.31. The summed E-state index contributed by atoms with van der Waals surface area (Å²) in [4.78, 5) is 27.2. The van der Waals surface area contributed by atoms with E-state index in [0.29, 0.717) is 37.4 Å². The lowest BCUT2D eigenvalue weighted by atomic mass is 9.98. The highest BCUT2D eigenvalue weighted by Crippen LogP contribution is 2.32. The highest BCUT2D eigenvalue weighted by atomic mass is 32.2. The molecule has 0 N–H and O–H groups in total. The molecule has 0 saturated carbocycles. The molecular weight excluding hydrogens is 448 g/mol. The molecule has 1 amide bonds. The lowest BCUT2D eigenvalue weighted by Crippen LogP contribution is -2.43. The van der Waals surface area contributed by atoms with Gasteiger partial charge in [0.05, 0.1) is 25.0 Å². The number of amides is 1. The SMILES string of the molecule is COc1ccc(S(=O)(=O)N2CCC(C(=O)O[C@@H](C)C(=O)N3CCCCCC3)CC2)cc1OC. The fraction of sp³-hybridized carbons (Fsp3) is 0.652. The molecule has 2 fully saturated rings. The first-order chi connectivity index (χ1) is 15.8. The molecule has 33 heavy (non-hydrogen) atoms. The molecule has 0 radical (unpaired) electrons. The van der Waals surface area contributed by atoms with Gasteiger partial charge in [0.25, 0.3) is 5.91 Å². The minimum absolute atomic E-state index is 0.109. The van der Waals surface area contributed by atoms with Gasteiger partial charge in [-0.05, 0) is 44.7 Å². The van der Waals surface area contributed by atoms with E-state index in [1.165, 1.54) is 30.7 Å². The van der Waals surface area contributed by atoms with Gasteiger partial charge < -0.3 is 19.1 Å². The molecule has 2 aliphatic rings. The molecule has 2 aliphatic heterocycles. The Morgan fingerprint density at radius 1 is 0.939 bits per heavy atom. The van der Waals surface area contributed by atoms with Crippen molar-refractivity contribution < 1.29 is 32.2 Å². The predicted molar refractivity (Wildman–Crippen MR) is 122 cm³/mol. The Balaban J connectivity index is 1.56. The van der Waals surface area contributed by atoms with Gasteiger partial charge in [0.15, 0.2) is 17.6 Å². The summed E-state index contributed by atoms with van der Waals surface area (Å²) in [7, 11) is -0.806. The van der Waals surface area contributed by atoms with E-state index in [9.17, 15) is 18.0 Å². The molecule has 3 rings (SSSR count). The van der Waals surface area contributed by atoms with Crippen molar-refractivity contribution in [1.29, 1.82) is 0 Å². The molecule has 1 aromatic carbocycles. The molecule has 2 saturated heterocycles. The van der Waals surface area contributed by atoms with Gasteiger partial charge in [-0.2, -0.15) is 4.31 Å². The summed E-state index contributed by atoms with van der Waals surface area (Å²) in [6.45, 7) is 3.41. The van der Waals surface area contributed by atoms with E-state index in [2.05, 4.69) is 0 Å². The average Bonchev–Trinajstić information content (AvgIpc) is 3.12. The zero-order valence-corrected chi connectivity index (χ0v) is 20.4. The summed E-state index contributed by atoms with van der Waals surface area (Å²) in [6.07, 6.45) is 4.03. The Morgan fingerprint density at radius 2 is 1.55 bits per heavy atom. The van der Waals surface area contributed by atoms with Crippen LogP contribution in [0.5, 0.6) is 11.5 Å². The van der Waals surface area contributed by atoms with Crippen molar-refractivity contribution in [3.05, 3.63) is 18.2 Å². The Kier molecular flexibility index (Phi) is 8.58. The number of nitrogens with zero attached hydrogens (tertiary/aromatic N) is 2. The van der Waals surface area contributed by atoms with Crippen LogP contribution in [0.25, 0.3) is 0 Å². The number of hydrogen-bond acceptors (Lipinski definition) is 7. The maximum absolute atomic E-state index is 13.1. The second-order valence-corrected chi connectivity index (χ2v) is 10.5. The summed E-state index contributed by atoms with van der Waals surface area (Å²) in [5.74, 6) is -0.240. The standard InChI is InChI=1S/C23H34N2O7S/c1-17(22(26)24-12-6-4-5-7-13-24)32-23(27)18-10-14-25(15-11-18)33(28,29)19-8-9-20(30-2)21(16-19)31-3/h8-9,16-18H,4-7,10-15H2,1-3H3/t17-/m0/s1. The van der Waals surface area contributed by atoms with E-state index in [0.717, 1.165) is 25.7 Å². The van der Waals surface area contributed by atoms with Crippen molar-refractivity contribution >= 4 is 21.9 Å². The molecule has 10 heteroatoms. The van der Waals surface area contributed by atoms with Crippen LogP contribution in [-0.4, -0.2) is 76.0 Å². The Hall–Kier alpha value is -2.33. The molecule has 2 heterocycles. The van der Waals surface area contributed by atoms with Crippen molar-refractivity contribution in [2.75, 3.05) is 40.4 Å². The van der Waals surface area contributed by atoms with E-state index < -0.39 is 28.0 Å². The Morgan fingerprint density at radius 3 is 2.12 bits per heavy atom. The number of ether oxygens (including phenoxy) is 3. The van der Waals surface area contributed by atoms with Gasteiger partial charge in [-0.15, -0.1) is 0 Å². The van der Waals surface area contributed by atoms with Gasteiger partial charge in [0, 0.05) is 32.2 Å². The molecule has 9 nitrogen and oxygen atoms in total. The van der Waals surface area contributed by atoms with Gasteiger partial charge in [0.2, 0.25) is 10.0 Å². The van der Waals surface area contributed by atoms with Crippen molar-refractivity contribution in [3.8, 4) is 11.5 Å². The topological polar surface area (TPSA) is 102 Å². The smallest absolute Gasteiger partial charge is 0.309 e. The quantitative estimate of drug-likeness (QED) is 0.550. The number of piperidine rings is 1. The molecule has 0 spiro atoms. The highest BCUT2D eigenvalue weighted by molar-refractivity contribution is 7.89. The third kappa shape index (κ3) is 5.97. The average molecular weight is 483 g/mol. The van der Waals surface area contributed by atoms with Crippen molar-refractivity contribution in [3.63, 3.8) is 0 Å². The maximum Gasteiger partial charge on any atom is 0.309 e. The van der Waals surface area contributed by atoms with E-state index in [-0.39, 0.29) is 23.9 Å². The first kappa shape index (κ1) is 25.3. The summed E-state index contributed by atoms with van der Waals surface area (Å²) in [6, 6.07) is 4.47. The second kappa shape index (κ2) is 11.2. The molecule has 0 unspecified atom stereocenters. The monoisotopic (exact) mass is 482 g/mol. The van der Waals surface area contributed by atoms with Gasteiger partial charge >= 0.3 is 5.97 Å². The van der Waals surface area contributed by atoms with Crippen molar-refractivity contribution in [2.45, 2.75) is 56.4 Å². The number of esters is 1. The van der Waals surface area contributed by atoms with Crippen LogP contribution in [0, 0.1) is 5.92 Å². The number of benzene rings is 1. The molecule has 0 aliphatic carbocycles. The summed E-state index contributed by atoms with van der Waals surface area (Å²) >= 11 is 0. The fourth-order valence-electron chi connectivity index (χ4n) is 4.33. The molecule has 0 aromatic heterocycles. The largest absolute Gasteiger partial charge is 0.493 e.